The van der Waals surface area contributed by atoms with Crippen LogP contribution in [-0.4, -0.2) is 17.4 Å². The first-order valence-corrected chi connectivity index (χ1v) is 5.47. The molecule has 2 rings (SSSR count). The van der Waals surface area contributed by atoms with Gasteiger partial charge in [-0.3, -0.25) is 4.79 Å². The normalized spacial score (nSPS) is 10.0. The van der Waals surface area contributed by atoms with Crippen molar-refractivity contribution in [2.45, 2.75) is 0 Å². The Labute approximate surface area is 96.0 Å². The number of carboxylic acids is 1. The fraction of sp³-hybridized carbons (Fsp3) is 0. The fourth-order valence-electron chi connectivity index (χ4n) is 1.49. The van der Waals surface area contributed by atoms with E-state index in [-0.39, 0.29) is 5.56 Å². The summed E-state index contributed by atoms with van der Waals surface area (Å²) in [4.78, 5) is 22.5. The van der Waals surface area contributed by atoms with E-state index in [1.165, 1.54) is 11.3 Å². The molecule has 3 nitrogen and oxygen atoms in total. The first-order chi connectivity index (χ1) is 7.74. The van der Waals surface area contributed by atoms with E-state index in [4.69, 9.17) is 5.11 Å². The summed E-state index contributed by atoms with van der Waals surface area (Å²) in [6.07, 6.45) is 0.737. The van der Waals surface area contributed by atoms with Crippen LogP contribution in [0.5, 0.6) is 0 Å². The minimum absolute atomic E-state index is 0.235. The Morgan fingerprint density at radius 3 is 2.69 bits per heavy atom. The van der Waals surface area contributed by atoms with Crippen LogP contribution >= 0.6 is 11.3 Å². The van der Waals surface area contributed by atoms with Crippen molar-refractivity contribution in [2.75, 3.05) is 0 Å². The maximum Gasteiger partial charge on any atom is 0.337 e. The average molecular weight is 232 g/mol. The van der Waals surface area contributed by atoms with Gasteiger partial charge in [-0.25, -0.2) is 4.79 Å². The van der Waals surface area contributed by atoms with Gasteiger partial charge in [-0.05, 0) is 11.4 Å². The first kappa shape index (κ1) is 10.6. The molecule has 16 heavy (non-hydrogen) atoms. The highest BCUT2D eigenvalue weighted by molar-refractivity contribution is 7.14. The molecule has 0 atom stereocenters. The summed E-state index contributed by atoms with van der Waals surface area (Å²) in [5, 5.41) is 10.7. The van der Waals surface area contributed by atoms with Crippen molar-refractivity contribution in [3.8, 4) is 10.4 Å². The molecule has 1 aromatic carbocycles. The van der Waals surface area contributed by atoms with Gasteiger partial charge in [0.2, 0.25) is 0 Å². The number of aromatic carboxylic acids is 1. The predicted octanol–water partition coefficient (Wildman–Crippen LogP) is 2.93. The van der Waals surface area contributed by atoms with Crippen molar-refractivity contribution in [1.29, 1.82) is 0 Å². The molecule has 0 saturated heterocycles. The largest absolute Gasteiger partial charge is 0.478 e. The van der Waals surface area contributed by atoms with Gasteiger partial charge in [0.05, 0.1) is 5.56 Å². The Balaban J connectivity index is 2.63. The van der Waals surface area contributed by atoms with Crippen LogP contribution in [0.25, 0.3) is 10.4 Å². The van der Waals surface area contributed by atoms with Gasteiger partial charge in [0, 0.05) is 16.0 Å². The van der Waals surface area contributed by atoms with Crippen molar-refractivity contribution >= 4 is 23.6 Å². The van der Waals surface area contributed by atoms with Crippen molar-refractivity contribution in [3.63, 3.8) is 0 Å². The topological polar surface area (TPSA) is 54.4 Å². The summed E-state index contributed by atoms with van der Waals surface area (Å²) >= 11 is 1.32. The van der Waals surface area contributed by atoms with E-state index >= 15 is 0 Å². The second-order valence-corrected chi connectivity index (χ2v) is 4.09. The lowest BCUT2D eigenvalue weighted by Gasteiger charge is -2.03. The van der Waals surface area contributed by atoms with E-state index in [9.17, 15) is 9.59 Å². The number of hydrogen-bond donors (Lipinski definition) is 1. The summed E-state index contributed by atoms with van der Waals surface area (Å²) in [5.74, 6) is -0.975. The van der Waals surface area contributed by atoms with Gasteiger partial charge >= 0.3 is 5.97 Å². The molecule has 0 fully saturated rings. The van der Waals surface area contributed by atoms with Crippen molar-refractivity contribution in [1.82, 2.24) is 0 Å². The molecule has 1 heterocycles. The van der Waals surface area contributed by atoms with Crippen LogP contribution in [0.3, 0.4) is 0 Å². The zero-order chi connectivity index (χ0) is 11.5. The molecule has 1 aromatic heterocycles. The smallest absolute Gasteiger partial charge is 0.337 e. The third kappa shape index (κ3) is 1.75. The summed E-state index contributed by atoms with van der Waals surface area (Å²) in [5.41, 5.74) is 1.41. The number of thiophene rings is 1. The van der Waals surface area contributed by atoms with Gasteiger partial charge in [-0.15, -0.1) is 11.3 Å². The second kappa shape index (κ2) is 4.28. The summed E-state index contributed by atoms with van der Waals surface area (Å²) in [6.45, 7) is 0. The van der Waals surface area contributed by atoms with E-state index in [2.05, 4.69) is 0 Å². The molecule has 0 bridgehead atoms. The lowest BCUT2D eigenvalue weighted by molar-refractivity contribution is 0.0698. The number of carboxylic acid groups (broad SMARTS) is 1. The number of rotatable bonds is 3. The van der Waals surface area contributed by atoms with E-state index in [1.807, 2.05) is 0 Å². The molecule has 0 aliphatic carbocycles. The average Bonchev–Trinajstić information content (AvgIpc) is 2.77. The minimum Gasteiger partial charge on any atom is -0.478 e. The van der Waals surface area contributed by atoms with Gasteiger partial charge < -0.3 is 5.11 Å². The Bertz CT molecular complexity index is 543. The number of benzene rings is 1. The Kier molecular flexibility index (Phi) is 2.83. The van der Waals surface area contributed by atoms with Crippen LogP contribution in [0.2, 0.25) is 0 Å². The molecule has 0 aliphatic rings. The lowest BCUT2D eigenvalue weighted by Crippen LogP contribution is -1.96. The van der Waals surface area contributed by atoms with Crippen LogP contribution in [0.4, 0.5) is 0 Å². The Hall–Kier alpha value is -1.94. The molecule has 0 amide bonds. The van der Waals surface area contributed by atoms with Crippen LogP contribution in [0, 0.1) is 0 Å². The SMILES string of the molecule is O=Cc1ccccc1-c1sccc1C(=O)O. The highest BCUT2D eigenvalue weighted by Crippen LogP contribution is 2.31. The summed E-state index contributed by atoms with van der Waals surface area (Å²) in [7, 11) is 0. The molecular formula is C12H8O3S. The third-order valence-electron chi connectivity index (χ3n) is 2.23. The van der Waals surface area contributed by atoms with Crippen molar-refractivity contribution < 1.29 is 14.7 Å². The van der Waals surface area contributed by atoms with Crippen LogP contribution < -0.4 is 0 Å². The Morgan fingerprint density at radius 2 is 2.00 bits per heavy atom. The summed E-state index contributed by atoms with van der Waals surface area (Å²) in [6, 6.07) is 8.51. The van der Waals surface area contributed by atoms with Crippen molar-refractivity contribution in [2.24, 2.45) is 0 Å². The van der Waals surface area contributed by atoms with Gasteiger partial charge in [-0.1, -0.05) is 24.3 Å². The van der Waals surface area contributed by atoms with Crippen LogP contribution in [0.1, 0.15) is 20.7 Å². The molecule has 0 saturated carbocycles. The molecule has 0 radical (unpaired) electrons. The monoisotopic (exact) mass is 232 g/mol. The predicted molar refractivity (Wildman–Crippen MR) is 62.1 cm³/mol. The standard InChI is InChI=1S/C12H8O3S/c13-7-8-3-1-2-4-9(8)11-10(12(14)15)5-6-16-11/h1-7H,(H,14,15). The lowest BCUT2D eigenvalue weighted by atomic mass is 10.0. The number of carbonyl (C=O) groups excluding carboxylic acids is 1. The number of hydrogen-bond acceptors (Lipinski definition) is 3. The zero-order valence-corrected chi connectivity index (χ0v) is 9.03. The number of carbonyl (C=O) groups is 2. The van der Waals surface area contributed by atoms with E-state index in [1.54, 1.807) is 35.7 Å². The molecule has 0 spiro atoms. The van der Waals surface area contributed by atoms with Gasteiger partial charge in [0.1, 0.15) is 0 Å². The molecule has 0 aliphatic heterocycles. The van der Waals surface area contributed by atoms with Gasteiger partial charge in [0.15, 0.2) is 6.29 Å². The quantitative estimate of drug-likeness (QED) is 0.828. The molecule has 2 aromatic rings. The second-order valence-electron chi connectivity index (χ2n) is 3.17. The molecule has 4 heteroatoms. The molecule has 0 unspecified atom stereocenters. The van der Waals surface area contributed by atoms with Gasteiger partial charge in [0.25, 0.3) is 0 Å². The third-order valence-corrected chi connectivity index (χ3v) is 3.18. The van der Waals surface area contributed by atoms with Crippen LogP contribution in [0.15, 0.2) is 35.7 Å². The van der Waals surface area contributed by atoms with Crippen LogP contribution in [-0.2, 0) is 0 Å². The van der Waals surface area contributed by atoms with Gasteiger partial charge in [-0.2, -0.15) is 0 Å². The Morgan fingerprint density at radius 1 is 1.25 bits per heavy atom. The molecular weight excluding hydrogens is 224 g/mol. The van der Waals surface area contributed by atoms with E-state index < -0.39 is 5.97 Å². The highest BCUT2D eigenvalue weighted by atomic mass is 32.1. The number of aldehydes is 1. The van der Waals surface area contributed by atoms with E-state index in [0.717, 1.165) is 6.29 Å². The first-order valence-electron chi connectivity index (χ1n) is 4.59. The maximum atomic E-state index is 11.0. The molecule has 1 N–H and O–H groups in total. The molecule has 80 valence electrons. The zero-order valence-electron chi connectivity index (χ0n) is 8.21. The minimum atomic E-state index is -0.975. The summed E-state index contributed by atoms with van der Waals surface area (Å²) < 4.78 is 0. The van der Waals surface area contributed by atoms with E-state index in [0.29, 0.717) is 16.0 Å². The maximum absolute atomic E-state index is 11.0. The fourth-order valence-corrected chi connectivity index (χ4v) is 2.43. The highest BCUT2D eigenvalue weighted by Gasteiger charge is 2.15. The van der Waals surface area contributed by atoms with Crippen molar-refractivity contribution in [3.05, 3.63) is 46.8 Å².